The van der Waals surface area contributed by atoms with Crippen molar-refractivity contribution >= 4 is 11.1 Å². The van der Waals surface area contributed by atoms with E-state index >= 15 is 0 Å². The molecule has 0 fully saturated rings. The van der Waals surface area contributed by atoms with Gasteiger partial charge < -0.3 is 4.42 Å². The van der Waals surface area contributed by atoms with Crippen molar-refractivity contribution in [3.63, 3.8) is 0 Å². The van der Waals surface area contributed by atoms with Crippen LogP contribution in [0.5, 0.6) is 0 Å². The van der Waals surface area contributed by atoms with Gasteiger partial charge in [0.25, 0.3) is 5.69 Å². The molecule has 0 bridgehead atoms. The van der Waals surface area contributed by atoms with Crippen LogP contribution in [0.15, 0.2) is 47.0 Å². The van der Waals surface area contributed by atoms with E-state index in [2.05, 4.69) is 103 Å². The van der Waals surface area contributed by atoms with E-state index in [0.29, 0.717) is 11.8 Å². The van der Waals surface area contributed by atoms with Crippen LogP contribution < -0.4 is 4.57 Å². The van der Waals surface area contributed by atoms with Gasteiger partial charge in [-0.1, -0.05) is 57.5 Å². The summed E-state index contributed by atoms with van der Waals surface area (Å²) in [5.74, 6) is 1.50. The van der Waals surface area contributed by atoms with Crippen LogP contribution in [0.4, 0.5) is 0 Å². The van der Waals surface area contributed by atoms with Gasteiger partial charge in [-0.3, -0.25) is 0 Å². The Balaban J connectivity index is 2.04. The lowest BCUT2D eigenvalue weighted by atomic mass is 9.88. The lowest BCUT2D eigenvalue weighted by molar-refractivity contribution is -0.659. The average molecular weight is 414 g/mol. The number of rotatable bonds is 4. The fourth-order valence-corrected chi connectivity index (χ4v) is 4.53. The maximum Gasteiger partial charge on any atom is 0.257 e. The van der Waals surface area contributed by atoms with Crippen molar-refractivity contribution in [1.82, 2.24) is 4.98 Å². The van der Waals surface area contributed by atoms with Crippen LogP contribution in [0.25, 0.3) is 33.8 Å². The molecule has 0 aliphatic carbocycles. The summed E-state index contributed by atoms with van der Waals surface area (Å²) in [5.41, 5.74) is 11.6. The van der Waals surface area contributed by atoms with E-state index < -0.39 is 0 Å². The summed E-state index contributed by atoms with van der Waals surface area (Å²) >= 11 is 0. The number of aryl methyl sites for hydroxylation is 3. The smallest absolute Gasteiger partial charge is 0.257 e. The largest absolute Gasteiger partial charge is 0.429 e. The van der Waals surface area contributed by atoms with Gasteiger partial charge in [-0.25, -0.2) is 4.98 Å². The number of fused-ring (bicyclic) bond motifs is 1. The zero-order valence-corrected chi connectivity index (χ0v) is 20.0. The standard InChI is InChI=1S/C28H33N2O/c1-16(2)21-10-9-11-22(17(3)4)25(21)28-29-24-12-13-30(8)26(27(24)31-28)23-15-18(5)14-19(6)20(23)7/h9-17H,1-8H3/q+1. The van der Waals surface area contributed by atoms with Crippen molar-refractivity contribution in [2.75, 3.05) is 0 Å². The van der Waals surface area contributed by atoms with E-state index in [4.69, 9.17) is 9.40 Å². The Hall–Kier alpha value is -2.94. The summed E-state index contributed by atoms with van der Waals surface area (Å²) in [4.78, 5) is 4.99. The first kappa shape index (κ1) is 21.3. The fourth-order valence-electron chi connectivity index (χ4n) is 4.53. The lowest BCUT2D eigenvalue weighted by Crippen LogP contribution is -2.30. The molecule has 0 amide bonds. The summed E-state index contributed by atoms with van der Waals surface area (Å²) in [7, 11) is 2.08. The molecule has 0 saturated heterocycles. The van der Waals surface area contributed by atoms with Crippen molar-refractivity contribution in [3.05, 3.63) is 70.4 Å². The molecule has 4 rings (SSSR count). The lowest BCUT2D eigenvalue weighted by Gasteiger charge is -2.17. The Morgan fingerprint density at radius 2 is 1.55 bits per heavy atom. The summed E-state index contributed by atoms with van der Waals surface area (Å²) in [6.45, 7) is 15.4. The molecule has 0 aliphatic rings. The van der Waals surface area contributed by atoms with E-state index in [1.54, 1.807) is 0 Å². The molecule has 4 aromatic rings. The summed E-state index contributed by atoms with van der Waals surface area (Å²) in [6.07, 6.45) is 2.08. The van der Waals surface area contributed by atoms with Gasteiger partial charge >= 0.3 is 0 Å². The number of oxazole rings is 1. The van der Waals surface area contributed by atoms with E-state index in [0.717, 1.165) is 28.2 Å². The van der Waals surface area contributed by atoms with Crippen molar-refractivity contribution < 1.29 is 8.98 Å². The molecule has 0 saturated carbocycles. The topological polar surface area (TPSA) is 29.9 Å². The maximum absolute atomic E-state index is 6.60. The second-order valence-corrected chi connectivity index (χ2v) is 9.38. The normalized spacial score (nSPS) is 11.8. The Bertz CT molecular complexity index is 1250. The quantitative estimate of drug-likeness (QED) is 0.332. The highest BCUT2D eigenvalue weighted by Gasteiger charge is 2.26. The number of pyridine rings is 1. The monoisotopic (exact) mass is 413 g/mol. The summed E-state index contributed by atoms with van der Waals surface area (Å²) in [5, 5.41) is 0. The van der Waals surface area contributed by atoms with Crippen LogP contribution in [-0.4, -0.2) is 4.98 Å². The highest BCUT2D eigenvalue weighted by atomic mass is 16.3. The first-order valence-electron chi connectivity index (χ1n) is 11.2. The number of nitrogens with zero attached hydrogens (tertiary/aromatic N) is 2. The summed E-state index contributed by atoms with van der Waals surface area (Å²) < 4.78 is 8.75. The average Bonchev–Trinajstić information content (AvgIpc) is 3.14. The van der Waals surface area contributed by atoms with Gasteiger partial charge in [-0.05, 0) is 60.9 Å². The predicted molar refractivity (Wildman–Crippen MR) is 128 cm³/mol. The first-order chi connectivity index (χ1) is 14.7. The van der Waals surface area contributed by atoms with E-state index in [1.165, 1.54) is 33.4 Å². The third-order valence-electron chi connectivity index (χ3n) is 6.33. The second kappa shape index (κ2) is 7.96. The Morgan fingerprint density at radius 1 is 0.903 bits per heavy atom. The SMILES string of the molecule is Cc1cc(C)c(C)c(-c2c3oc(-c4c(C(C)C)cccc4C(C)C)nc3cc[n+]2C)c1. The second-order valence-electron chi connectivity index (χ2n) is 9.38. The Labute approximate surface area is 185 Å². The number of benzene rings is 2. The van der Waals surface area contributed by atoms with Crippen LogP contribution in [0.1, 0.15) is 67.3 Å². The van der Waals surface area contributed by atoms with Crippen molar-refractivity contribution in [2.24, 2.45) is 7.05 Å². The van der Waals surface area contributed by atoms with E-state index in [1.807, 2.05) is 0 Å². The number of hydrogen-bond acceptors (Lipinski definition) is 2. The van der Waals surface area contributed by atoms with Crippen LogP contribution in [0, 0.1) is 20.8 Å². The van der Waals surface area contributed by atoms with Crippen LogP contribution >= 0.6 is 0 Å². The van der Waals surface area contributed by atoms with Gasteiger partial charge in [-0.15, -0.1) is 0 Å². The van der Waals surface area contributed by atoms with Gasteiger partial charge in [0.05, 0.1) is 5.56 Å². The number of hydrogen-bond donors (Lipinski definition) is 0. The van der Waals surface area contributed by atoms with Gasteiger partial charge in [0.15, 0.2) is 6.20 Å². The van der Waals surface area contributed by atoms with Crippen molar-refractivity contribution in [1.29, 1.82) is 0 Å². The minimum Gasteiger partial charge on any atom is -0.429 e. The highest BCUT2D eigenvalue weighted by molar-refractivity contribution is 5.89. The molecule has 160 valence electrons. The molecule has 0 aliphatic heterocycles. The fraction of sp³-hybridized carbons (Fsp3) is 0.357. The third kappa shape index (κ3) is 3.67. The molecular formula is C28H33N2O+. The Kier molecular flexibility index (Phi) is 5.47. The van der Waals surface area contributed by atoms with E-state index in [9.17, 15) is 0 Å². The zero-order valence-electron chi connectivity index (χ0n) is 20.0. The molecule has 31 heavy (non-hydrogen) atoms. The first-order valence-corrected chi connectivity index (χ1v) is 11.2. The predicted octanol–water partition coefficient (Wildman–Crippen LogP) is 7.16. The van der Waals surface area contributed by atoms with E-state index in [-0.39, 0.29) is 0 Å². The third-order valence-corrected chi connectivity index (χ3v) is 6.33. The molecule has 0 atom stereocenters. The summed E-state index contributed by atoms with van der Waals surface area (Å²) in [6, 6.07) is 13.1. The molecule has 0 N–H and O–H groups in total. The van der Waals surface area contributed by atoms with Crippen molar-refractivity contribution in [2.45, 2.75) is 60.3 Å². The Morgan fingerprint density at radius 3 is 2.16 bits per heavy atom. The number of aromatic nitrogens is 2. The molecule has 3 heteroatoms. The van der Waals surface area contributed by atoms with Gasteiger partial charge in [-0.2, -0.15) is 4.57 Å². The van der Waals surface area contributed by atoms with Gasteiger partial charge in [0.2, 0.25) is 11.5 Å². The molecular weight excluding hydrogens is 380 g/mol. The molecule has 2 heterocycles. The maximum atomic E-state index is 6.60. The minimum atomic E-state index is 0.390. The van der Waals surface area contributed by atoms with Crippen LogP contribution in [0.3, 0.4) is 0 Å². The molecule has 2 aromatic heterocycles. The van der Waals surface area contributed by atoms with Gasteiger partial charge in [0.1, 0.15) is 12.6 Å². The minimum absolute atomic E-state index is 0.390. The molecule has 0 unspecified atom stereocenters. The van der Waals surface area contributed by atoms with Crippen molar-refractivity contribution in [3.8, 4) is 22.7 Å². The molecule has 0 radical (unpaired) electrons. The molecule has 0 spiro atoms. The highest BCUT2D eigenvalue weighted by Crippen LogP contribution is 2.39. The van der Waals surface area contributed by atoms with Crippen LogP contribution in [0.2, 0.25) is 0 Å². The molecule has 3 nitrogen and oxygen atoms in total. The van der Waals surface area contributed by atoms with Crippen LogP contribution in [-0.2, 0) is 7.05 Å². The van der Waals surface area contributed by atoms with Gasteiger partial charge in [0, 0.05) is 11.6 Å². The molecule has 2 aromatic carbocycles. The zero-order chi connectivity index (χ0) is 22.4.